The van der Waals surface area contributed by atoms with Gasteiger partial charge in [0, 0.05) is 23.5 Å². The van der Waals surface area contributed by atoms with Crippen LogP contribution in [0, 0.1) is 6.92 Å². The van der Waals surface area contributed by atoms with Gasteiger partial charge in [-0.2, -0.15) is 0 Å². The summed E-state index contributed by atoms with van der Waals surface area (Å²) >= 11 is 0. The number of H-pyrrole nitrogens is 1. The molecular formula is C10H10N2O3. The van der Waals surface area contributed by atoms with Crippen LogP contribution in [-0.4, -0.2) is 21.2 Å². The number of hydrogen-bond acceptors (Lipinski definition) is 3. The molecule has 5 nitrogen and oxygen atoms in total. The van der Waals surface area contributed by atoms with Crippen LogP contribution >= 0.6 is 0 Å². The first-order chi connectivity index (χ1) is 7.18. The van der Waals surface area contributed by atoms with Gasteiger partial charge < -0.3 is 14.6 Å². The summed E-state index contributed by atoms with van der Waals surface area (Å²) < 4.78 is 5.11. The van der Waals surface area contributed by atoms with Gasteiger partial charge in [-0.1, -0.05) is 5.16 Å². The van der Waals surface area contributed by atoms with Gasteiger partial charge in [-0.3, -0.25) is 4.79 Å². The van der Waals surface area contributed by atoms with Crippen LogP contribution in [-0.2, 0) is 11.2 Å². The maximum atomic E-state index is 10.7. The zero-order chi connectivity index (χ0) is 10.8. The summed E-state index contributed by atoms with van der Waals surface area (Å²) in [4.78, 5) is 13.5. The number of nitrogens with zero attached hydrogens (tertiary/aromatic N) is 1. The summed E-state index contributed by atoms with van der Waals surface area (Å²) in [6.45, 7) is 1.73. The maximum absolute atomic E-state index is 10.7. The van der Waals surface area contributed by atoms with Crippen LogP contribution in [0.5, 0.6) is 0 Å². The molecule has 5 heteroatoms. The van der Waals surface area contributed by atoms with E-state index in [0.717, 1.165) is 5.56 Å². The van der Waals surface area contributed by atoms with E-state index in [0.29, 0.717) is 17.0 Å². The van der Waals surface area contributed by atoms with Gasteiger partial charge in [0.15, 0.2) is 5.76 Å². The predicted octanol–water partition coefficient (Wildman–Crippen LogP) is 1.61. The molecule has 0 radical (unpaired) electrons. The first-order valence-electron chi connectivity index (χ1n) is 4.48. The minimum Gasteiger partial charge on any atom is -0.481 e. The van der Waals surface area contributed by atoms with Crippen LogP contribution in [0.1, 0.15) is 11.3 Å². The van der Waals surface area contributed by atoms with E-state index in [4.69, 9.17) is 9.63 Å². The van der Waals surface area contributed by atoms with Crippen molar-refractivity contribution in [2.45, 2.75) is 13.3 Å². The van der Waals surface area contributed by atoms with E-state index in [2.05, 4.69) is 10.1 Å². The fourth-order valence-electron chi connectivity index (χ4n) is 1.44. The highest BCUT2D eigenvalue weighted by atomic mass is 16.5. The molecule has 0 spiro atoms. The zero-order valence-corrected chi connectivity index (χ0v) is 8.15. The Kier molecular flexibility index (Phi) is 2.29. The van der Waals surface area contributed by atoms with Crippen LogP contribution in [0.15, 0.2) is 23.0 Å². The van der Waals surface area contributed by atoms with Gasteiger partial charge in [-0.25, -0.2) is 0 Å². The van der Waals surface area contributed by atoms with Gasteiger partial charge in [0.05, 0.1) is 12.1 Å². The first kappa shape index (κ1) is 9.51. The lowest BCUT2D eigenvalue weighted by atomic mass is 10.1. The molecule has 0 aromatic carbocycles. The number of carboxylic acid groups (broad SMARTS) is 1. The standard InChI is InChI=1S/C10H10N2O3/c1-6-8(4-9(13)14)10(15-12-6)7-2-3-11-5-7/h2-3,5,11H,4H2,1H3,(H,13,14). The maximum Gasteiger partial charge on any atom is 0.308 e. The number of hydrogen-bond donors (Lipinski definition) is 2. The Labute approximate surface area is 85.7 Å². The fourth-order valence-corrected chi connectivity index (χ4v) is 1.44. The van der Waals surface area contributed by atoms with E-state index in [1.165, 1.54) is 0 Å². The molecule has 0 saturated carbocycles. The lowest BCUT2D eigenvalue weighted by Crippen LogP contribution is -2.01. The molecule has 2 heterocycles. The average molecular weight is 206 g/mol. The summed E-state index contributed by atoms with van der Waals surface area (Å²) in [5.41, 5.74) is 2.06. The van der Waals surface area contributed by atoms with Crippen molar-refractivity contribution in [3.05, 3.63) is 29.7 Å². The van der Waals surface area contributed by atoms with Crippen LogP contribution in [0.3, 0.4) is 0 Å². The van der Waals surface area contributed by atoms with Gasteiger partial charge >= 0.3 is 5.97 Å². The van der Waals surface area contributed by atoms with Crippen molar-refractivity contribution in [1.82, 2.24) is 10.1 Å². The van der Waals surface area contributed by atoms with E-state index in [1.54, 1.807) is 19.3 Å². The van der Waals surface area contributed by atoms with Crippen molar-refractivity contribution in [1.29, 1.82) is 0 Å². The molecule has 0 aliphatic rings. The molecule has 0 saturated heterocycles. The lowest BCUT2D eigenvalue weighted by Gasteiger charge is -1.96. The molecule has 2 rings (SSSR count). The van der Waals surface area contributed by atoms with Crippen molar-refractivity contribution >= 4 is 5.97 Å². The van der Waals surface area contributed by atoms with E-state index in [9.17, 15) is 4.79 Å². The number of aromatic nitrogens is 2. The summed E-state index contributed by atoms with van der Waals surface area (Å²) in [5, 5.41) is 12.5. The monoisotopic (exact) mass is 206 g/mol. The Hall–Kier alpha value is -2.04. The quantitative estimate of drug-likeness (QED) is 0.799. The molecule has 2 aromatic heterocycles. The summed E-state index contributed by atoms with van der Waals surface area (Å²) in [6.07, 6.45) is 3.42. The Balaban J connectivity index is 2.44. The predicted molar refractivity (Wildman–Crippen MR) is 52.4 cm³/mol. The molecule has 2 aromatic rings. The minimum atomic E-state index is -0.891. The van der Waals surface area contributed by atoms with Crippen LogP contribution < -0.4 is 0 Å². The second-order valence-corrected chi connectivity index (χ2v) is 3.25. The lowest BCUT2D eigenvalue weighted by molar-refractivity contribution is -0.136. The van der Waals surface area contributed by atoms with Gasteiger partial charge in [-0.05, 0) is 13.0 Å². The molecule has 2 N–H and O–H groups in total. The van der Waals surface area contributed by atoms with Gasteiger partial charge in [0.25, 0.3) is 0 Å². The third kappa shape index (κ3) is 1.76. The van der Waals surface area contributed by atoms with Crippen molar-refractivity contribution in [2.75, 3.05) is 0 Å². The molecule has 0 unspecified atom stereocenters. The number of rotatable bonds is 3. The van der Waals surface area contributed by atoms with Crippen molar-refractivity contribution < 1.29 is 14.4 Å². The fraction of sp³-hybridized carbons (Fsp3) is 0.200. The van der Waals surface area contributed by atoms with Gasteiger partial charge in [0.1, 0.15) is 0 Å². The van der Waals surface area contributed by atoms with Crippen LogP contribution in [0.4, 0.5) is 0 Å². The number of aromatic amines is 1. The summed E-state index contributed by atoms with van der Waals surface area (Å²) in [7, 11) is 0. The molecule has 15 heavy (non-hydrogen) atoms. The van der Waals surface area contributed by atoms with Crippen molar-refractivity contribution in [3.63, 3.8) is 0 Å². The SMILES string of the molecule is Cc1noc(-c2cc[nH]c2)c1CC(=O)O. The van der Waals surface area contributed by atoms with Gasteiger partial charge in [0.2, 0.25) is 0 Å². The highest BCUT2D eigenvalue weighted by Crippen LogP contribution is 2.25. The van der Waals surface area contributed by atoms with Crippen LogP contribution in [0.25, 0.3) is 11.3 Å². The molecule has 78 valence electrons. The summed E-state index contributed by atoms with van der Waals surface area (Å²) in [6, 6.07) is 1.81. The average Bonchev–Trinajstić information content (AvgIpc) is 2.76. The number of nitrogens with one attached hydrogen (secondary N) is 1. The molecule has 0 atom stereocenters. The van der Waals surface area contributed by atoms with E-state index < -0.39 is 5.97 Å². The highest BCUT2D eigenvalue weighted by Gasteiger charge is 2.17. The normalized spacial score (nSPS) is 10.5. The molecule has 0 aliphatic heterocycles. The largest absolute Gasteiger partial charge is 0.481 e. The Morgan fingerprint density at radius 3 is 3.07 bits per heavy atom. The smallest absolute Gasteiger partial charge is 0.308 e. The molecule has 0 amide bonds. The third-order valence-electron chi connectivity index (χ3n) is 2.17. The molecule has 0 aliphatic carbocycles. The second kappa shape index (κ2) is 3.61. The number of aryl methyl sites for hydroxylation is 1. The molecule has 0 bridgehead atoms. The van der Waals surface area contributed by atoms with E-state index in [1.807, 2.05) is 6.07 Å². The van der Waals surface area contributed by atoms with E-state index in [-0.39, 0.29) is 6.42 Å². The molecular weight excluding hydrogens is 196 g/mol. The first-order valence-corrected chi connectivity index (χ1v) is 4.48. The number of carboxylic acids is 1. The third-order valence-corrected chi connectivity index (χ3v) is 2.17. The Bertz CT molecular complexity index is 471. The Morgan fingerprint density at radius 1 is 1.67 bits per heavy atom. The van der Waals surface area contributed by atoms with Crippen LogP contribution in [0.2, 0.25) is 0 Å². The minimum absolute atomic E-state index is 0.0736. The number of carbonyl (C=O) groups is 1. The zero-order valence-electron chi connectivity index (χ0n) is 8.15. The van der Waals surface area contributed by atoms with Crippen molar-refractivity contribution in [2.24, 2.45) is 0 Å². The van der Waals surface area contributed by atoms with Gasteiger partial charge in [-0.15, -0.1) is 0 Å². The summed E-state index contributed by atoms with van der Waals surface area (Å²) in [5.74, 6) is -0.366. The highest BCUT2D eigenvalue weighted by molar-refractivity contribution is 5.74. The van der Waals surface area contributed by atoms with E-state index >= 15 is 0 Å². The van der Waals surface area contributed by atoms with Crippen molar-refractivity contribution in [3.8, 4) is 11.3 Å². The second-order valence-electron chi connectivity index (χ2n) is 3.25. The molecule has 0 fully saturated rings. The number of aliphatic carboxylic acids is 1. The topological polar surface area (TPSA) is 79.1 Å². The Morgan fingerprint density at radius 2 is 2.47 bits per heavy atom.